The number of fused-ring (bicyclic) bond motifs is 3. The van der Waals surface area contributed by atoms with Gasteiger partial charge in [0.05, 0.1) is 0 Å². The van der Waals surface area contributed by atoms with Gasteiger partial charge in [-0.3, -0.25) is 0 Å². The quantitative estimate of drug-likeness (QED) is 0.628. The van der Waals surface area contributed by atoms with Gasteiger partial charge in [-0.1, -0.05) is 18.2 Å². The van der Waals surface area contributed by atoms with Crippen LogP contribution in [0, 0.1) is 0 Å². The van der Waals surface area contributed by atoms with Crippen LogP contribution in [-0.4, -0.2) is 9.97 Å². The molecule has 3 aromatic rings. The Kier molecular flexibility index (Phi) is 1.73. The van der Waals surface area contributed by atoms with Crippen molar-refractivity contribution in [2.45, 2.75) is 6.54 Å². The van der Waals surface area contributed by atoms with Crippen LogP contribution in [0.25, 0.3) is 21.9 Å². The number of H-pyrrole nitrogens is 1. The van der Waals surface area contributed by atoms with Crippen LogP contribution < -0.4 is 5.73 Å². The number of hydrogen-bond donors (Lipinski definition) is 2. The molecular formula is C12H11N3. The van der Waals surface area contributed by atoms with Gasteiger partial charge in [0.2, 0.25) is 0 Å². The maximum Gasteiger partial charge on any atom is 0.138 e. The van der Waals surface area contributed by atoms with E-state index in [9.17, 15) is 0 Å². The summed E-state index contributed by atoms with van der Waals surface area (Å²) >= 11 is 0. The molecule has 0 spiro atoms. The highest BCUT2D eigenvalue weighted by Gasteiger charge is 2.07. The zero-order chi connectivity index (χ0) is 10.3. The molecule has 74 valence electrons. The second-order valence-electron chi connectivity index (χ2n) is 3.57. The number of aromatic nitrogens is 2. The zero-order valence-corrected chi connectivity index (χ0v) is 8.20. The van der Waals surface area contributed by atoms with Gasteiger partial charge >= 0.3 is 0 Å². The minimum atomic E-state index is 0.543. The van der Waals surface area contributed by atoms with E-state index >= 15 is 0 Å². The van der Waals surface area contributed by atoms with Gasteiger partial charge in [-0.2, -0.15) is 0 Å². The van der Waals surface area contributed by atoms with Crippen molar-refractivity contribution in [3.05, 3.63) is 42.1 Å². The van der Waals surface area contributed by atoms with E-state index in [0.29, 0.717) is 6.54 Å². The lowest BCUT2D eigenvalue weighted by Crippen LogP contribution is -1.96. The molecule has 0 aliphatic carbocycles. The molecular weight excluding hydrogens is 186 g/mol. The maximum atomic E-state index is 5.72. The molecule has 3 N–H and O–H groups in total. The van der Waals surface area contributed by atoms with Gasteiger partial charge < -0.3 is 10.7 Å². The van der Waals surface area contributed by atoms with Crippen molar-refractivity contribution in [3.8, 4) is 0 Å². The summed E-state index contributed by atoms with van der Waals surface area (Å²) in [6.07, 6.45) is 1.79. The Morgan fingerprint density at radius 3 is 2.93 bits per heavy atom. The van der Waals surface area contributed by atoms with E-state index in [-0.39, 0.29) is 0 Å². The fraction of sp³-hybridized carbons (Fsp3) is 0.0833. The number of nitrogens with one attached hydrogen (secondary N) is 1. The van der Waals surface area contributed by atoms with Gasteiger partial charge in [-0.25, -0.2) is 4.98 Å². The third-order valence-electron chi connectivity index (χ3n) is 2.71. The molecule has 0 aliphatic heterocycles. The van der Waals surface area contributed by atoms with E-state index in [2.05, 4.69) is 22.1 Å². The van der Waals surface area contributed by atoms with Crippen molar-refractivity contribution < 1.29 is 0 Å². The Hall–Kier alpha value is -1.87. The van der Waals surface area contributed by atoms with E-state index in [1.807, 2.05) is 18.2 Å². The van der Waals surface area contributed by atoms with Crippen molar-refractivity contribution in [2.75, 3.05) is 0 Å². The van der Waals surface area contributed by atoms with Crippen LogP contribution in [0.2, 0.25) is 0 Å². The molecule has 0 radical (unpaired) electrons. The lowest BCUT2D eigenvalue weighted by molar-refractivity contribution is 1.08. The monoisotopic (exact) mass is 197 g/mol. The summed E-state index contributed by atoms with van der Waals surface area (Å²) in [6.45, 7) is 0.543. The van der Waals surface area contributed by atoms with Crippen LogP contribution in [-0.2, 0) is 6.54 Å². The average molecular weight is 197 g/mol. The largest absolute Gasteiger partial charge is 0.339 e. The maximum absolute atomic E-state index is 5.72. The summed E-state index contributed by atoms with van der Waals surface area (Å²) in [5.41, 5.74) is 8.89. The third-order valence-corrected chi connectivity index (χ3v) is 2.71. The van der Waals surface area contributed by atoms with Gasteiger partial charge in [0.15, 0.2) is 0 Å². The smallest absolute Gasteiger partial charge is 0.138 e. The molecule has 0 unspecified atom stereocenters. The number of nitrogens with two attached hydrogens (primary N) is 1. The summed E-state index contributed by atoms with van der Waals surface area (Å²) in [6, 6.07) is 10.2. The molecule has 2 heterocycles. The molecule has 3 rings (SSSR count). The van der Waals surface area contributed by atoms with Gasteiger partial charge in [-0.15, -0.1) is 0 Å². The molecule has 3 heteroatoms. The molecule has 0 fully saturated rings. The zero-order valence-electron chi connectivity index (χ0n) is 8.20. The molecule has 0 amide bonds. The second-order valence-corrected chi connectivity index (χ2v) is 3.57. The standard InChI is InChI=1S/C12H11N3/c13-7-8-5-6-14-12-11(8)9-3-1-2-4-10(9)15-12/h1-6H,7,13H2,(H,14,15). The molecule has 15 heavy (non-hydrogen) atoms. The van der Waals surface area contributed by atoms with Crippen molar-refractivity contribution in [3.63, 3.8) is 0 Å². The van der Waals surface area contributed by atoms with Gasteiger partial charge in [0, 0.05) is 29.0 Å². The van der Waals surface area contributed by atoms with E-state index in [0.717, 1.165) is 22.1 Å². The van der Waals surface area contributed by atoms with Crippen LogP contribution in [0.5, 0.6) is 0 Å². The Balaban J connectivity index is 2.56. The Labute approximate surface area is 86.9 Å². The Morgan fingerprint density at radius 1 is 1.20 bits per heavy atom. The van der Waals surface area contributed by atoms with E-state index in [1.54, 1.807) is 6.20 Å². The molecule has 2 aromatic heterocycles. The first-order valence-corrected chi connectivity index (χ1v) is 4.94. The number of para-hydroxylation sites is 1. The summed E-state index contributed by atoms with van der Waals surface area (Å²) in [5, 5.41) is 2.34. The number of nitrogens with zero attached hydrogens (tertiary/aromatic N) is 1. The fourth-order valence-electron chi connectivity index (χ4n) is 2.00. The summed E-state index contributed by atoms with van der Waals surface area (Å²) in [4.78, 5) is 7.60. The predicted molar refractivity (Wildman–Crippen MR) is 61.5 cm³/mol. The number of hydrogen-bond acceptors (Lipinski definition) is 2. The van der Waals surface area contributed by atoms with Crippen LogP contribution in [0.1, 0.15) is 5.56 Å². The summed E-state index contributed by atoms with van der Waals surface area (Å²) < 4.78 is 0. The van der Waals surface area contributed by atoms with E-state index in [4.69, 9.17) is 5.73 Å². The van der Waals surface area contributed by atoms with E-state index < -0.39 is 0 Å². The molecule has 3 nitrogen and oxygen atoms in total. The Morgan fingerprint density at radius 2 is 2.07 bits per heavy atom. The molecule has 0 saturated carbocycles. The van der Waals surface area contributed by atoms with Crippen LogP contribution in [0.3, 0.4) is 0 Å². The number of benzene rings is 1. The summed E-state index contributed by atoms with van der Waals surface area (Å²) in [5.74, 6) is 0. The minimum Gasteiger partial charge on any atom is -0.339 e. The van der Waals surface area contributed by atoms with E-state index in [1.165, 1.54) is 5.39 Å². The molecule has 1 aromatic carbocycles. The molecule has 0 aliphatic rings. The fourth-order valence-corrected chi connectivity index (χ4v) is 2.00. The third kappa shape index (κ3) is 1.13. The highest BCUT2D eigenvalue weighted by molar-refractivity contribution is 6.07. The lowest BCUT2D eigenvalue weighted by atomic mass is 10.1. The predicted octanol–water partition coefficient (Wildman–Crippen LogP) is 2.17. The van der Waals surface area contributed by atoms with Gasteiger partial charge in [-0.05, 0) is 17.7 Å². The molecule has 0 saturated heterocycles. The normalized spacial score (nSPS) is 11.3. The van der Waals surface area contributed by atoms with Crippen LogP contribution in [0.15, 0.2) is 36.5 Å². The molecule has 0 atom stereocenters. The van der Waals surface area contributed by atoms with Crippen molar-refractivity contribution >= 4 is 21.9 Å². The number of aromatic amines is 1. The first-order chi connectivity index (χ1) is 7.40. The van der Waals surface area contributed by atoms with Crippen LogP contribution >= 0.6 is 0 Å². The van der Waals surface area contributed by atoms with Gasteiger partial charge in [0.1, 0.15) is 5.65 Å². The summed E-state index contributed by atoms with van der Waals surface area (Å²) in [7, 11) is 0. The second kappa shape index (κ2) is 3.07. The number of rotatable bonds is 1. The van der Waals surface area contributed by atoms with Crippen molar-refractivity contribution in [2.24, 2.45) is 5.73 Å². The molecule has 0 bridgehead atoms. The average Bonchev–Trinajstić information content (AvgIpc) is 2.67. The number of pyridine rings is 1. The first kappa shape index (κ1) is 8.44. The lowest BCUT2D eigenvalue weighted by Gasteiger charge is -1.98. The van der Waals surface area contributed by atoms with Crippen molar-refractivity contribution in [1.29, 1.82) is 0 Å². The minimum absolute atomic E-state index is 0.543. The first-order valence-electron chi connectivity index (χ1n) is 4.94. The Bertz CT molecular complexity index is 625. The topological polar surface area (TPSA) is 54.7 Å². The highest BCUT2D eigenvalue weighted by Crippen LogP contribution is 2.26. The SMILES string of the molecule is NCc1ccnc2[nH]c3ccccc3c12. The van der Waals surface area contributed by atoms with Gasteiger partial charge in [0.25, 0.3) is 0 Å². The van der Waals surface area contributed by atoms with Crippen LogP contribution in [0.4, 0.5) is 0 Å². The highest BCUT2D eigenvalue weighted by atomic mass is 14.8. The van der Waals surface area contributed by atoms with Crippen molar-refractivity contribution in [1.82, 2.24) is 9.97 Å².